The van der Waals surface area contributed by atoms with Crippen molar-refractivity contribution in [3.63, 3.8) is 0 Å². The topological polar surface area (TPSA) is 55.2 Å². The molecule has 1 aliphatic carbocycles. The van der Waals surface area contributed by atoms with Gasteiger partial charge in [0.1, 0.15) is 0 Å². The van der Waals surface area contributed by atoms with Crippen LogP contribution in [0.3, 0.4) is 0 Å². The maximum absolute atomic E-state index is 12.5. The quantitative estimate of drug-likeness (QED) is 0.836. The molecule has 0 unspecified atom stereocenters. The van der Waals surface area contributed by atoms with Crippen molar-refractivity contribution in [2.24, 2.45) is 13.0 Å². The number of nitrogens with zero attached hydrogens (tertiary/aromatic N) is 3. The van der Waals surface area contributed by atoms with Crippen LogP contribution in [0.25, 0.3) is 5.57 Å². The number of hydrogen-bond acceptors (Lipinski definition) is 3. The molecule has 1 fully saturated rings. The third kappa shape index (κ3) is 3.21. The van der Waals surface area contributed by atoms with Crippen LogP contribution < -0.4 is 0 Å². The largest absolute Gasteiger partial charge is 0.268 e. The van der Waals surface area contributed by atoms with E-state index in [2.05, 4.69) is 5.10 Å². The Balaban J connectivity index is 1.59. The third-order valence-corrected chi connectivity index (χ3v) is 6.51. The molecule has 0 aromatic carbocycles. The van der Waals surface area contributed by atoms with E-state index in [1.807, 2.05) is 19.2 Å². The van der Waals surface area contributed by atoms with Crippen molar-refractivity contribution in [3.05, 3.63) is 24.0 Å². The van der Waals surface area contributed by atoms with Gasteiger partial charge < -0.3 is 0 Å². The van der Waals surface area contributed by atoms with E-state index in [-0.39, 0.29) is 0 Å². The highest BCUT2D eigenvalue weighted by Gasteiger charge is 2.28. The molecule has 0 radical (unpaired) electrons. The summed E-state index contributed by atoms with van der Waals surface area (Å²) in [7, 11) is -1.25. The second-order valence-corrected chi connectivity index (χ2v) is 8.21. The molecule has 5 nitrogen and oxygen atoms in total. The Morgan fingerprint density at radius 1 is 1.33 bits per heavy atom. The molecule has 1 saturated carbocycles. The summed E-state index contributed by atoms with van der Waals surface area (Å²) in [6.07, 6.45) is 9.50. The van der Waals surface area contributed by atoms with E-state index in [1.165, 1.54) is 25.7 Å². The van der Waals surface area contributed by atoms with Crippen LogP contribution in [-0.2, 0) is 17.1 Å². The zero-order valence-corrected chi connectivity index (χ0v) is 13.3. The second-order valence-electron chi connectivity index (χ2n) is 6.12. The van der Waals surface area contributed by atoms with E-state index >= 15 is 0 Å². The van der Waals surface area contributed by atoms with Gasteiger partial charge >= 0.3 is 0 Å². The minimum Gasteiger partial charge on any atom is -0.268 e. The molecule has 0 saturated heterocycles. The minimum atomic E-state index is -3.13. The Bertz CT molecular complexity index is 627. The fourth-order valence-corrected chi connectivity index (χ4v) is 4.89. The van der Waals surface area contributed by atoms with Crippen LogP contribution in [-0.4, -0.2) is 41.3 Å². The predicted molar refractivity (Wildman–Crippen MR) is 83.1 cm³/mol. The van der Waals surface area contributed by atoms with Crippen molar-refractivity contribution in [1.82, 2.24) is 14.1 Å². The highest BCUT2D eigenvalue weighted by atomic mass is 32.2. The van der Waals surface area contributed by atoms with Crippen molar-refractivity contribution >= 4 is 15.6 Å². The Morgan fingerprint density at radius 3 is 2.76 bits per heavy atom. The first-order chi connectivity index (χ1) is 10.1. The highest BCUT2D eigenvalue weighted by molar-refractivity contribution is 7.89. The van der Waals surface area contributed by atoms with Crippen LogP contribution in [0, 0.1) is 5.92 Å². The normalized spacial score (nSPS) is 21.1. The molecule has 2 heterocycles. The summed E-state index contributed by atoms with van der Waals surface area (Å²) in [5.41, 5.74) is 2.06. The molecule has 0 N–H and O–H groups in total. The minimum absolute atomic E-state index is 0.296. The van der Waals surface area contributed by atoms with Gasteiger partial charge in [-0.25, -0.2) is 8.42 Å². The van der Waals surface area contributed by atoms with Gasteiger partial charge in [-0.15, -0.1) is 0 Å². The number of aromatic nitrogens is 2. The Kier molecular flexibility index (Phi) is 4.17. The molecule has 2 aliphatic rings. The zero-order chi connectivity index (χ0) is 14.9. The molecule has 0 spiro atoms. The van der Waals surface area contributed by atoms with E-state index in [9.17, 15) is 8.42 Å². The van der Waals surface area contributed by atoms with Crippen molar-refractivity contribution in [2.45, 2.75) is 32.1 Å². The first-order valence-corrected chi connectivity index (χ1v) is 9.32. The van der Waals surface area contributed by atoms with Gasteiger partial charge in [0, 0.05) is 26.3 Å². The monoisotopic (exact) mass is 309 g/mol. The second kappa shape index (κ2) is 5.93. The Hall–Kier alpha value is -1.14. The van der Waals surface area contributed by atoms with Gasteiger partial charge in [0.05, 0.1) is 11.4 Å². The summed E-state index contributed by atoms with van der Waals surface area (Å²) in [5.74, 6) is 0.913. The summed E-state index contributed by atoms with van der Waals surface area (Å²) in [4.78, 5) is 0. The molecular formula is C15H23N3O2S. The molecule has 0 bridgehead atoms. The molecule has 1 aliphatic heterocycles. The van der Waals surface area contributed by atoms with Gasteiger partial charge in [0.2, 0.25) is 10.0 Å². The number of sulfonamides is 1. The maximum Gasteiger partial charge on any atom is 0.214 e. The lowest BCUT2D eigenvalue weighted by Crippen LogP contribution is -2.31. The van der Waals surface area contributed by atoms with Crippen LogP contribution in [0.5, 0.6) is 0 Å². The lowest BCUT2D eigenvalue weighted by atomic mass is 10.1. The third-order valence-electron chi connectivity index (χ3n) is 4.69. The van der Waals surface area contributed by atoms with Crippen LogP contribution in [0.2, 0.25) is 0 Å². The van der Waals surface area contributed by atoms with Crippen LogP contribution in [0.4, 0.5) is 0 Å². The average Bonchev–Trinajstić information content (AvgIpc) is 3.17. The van der Waals surface area contributed by atoms with Crippen molar-refractivity contribution in [1.29, 1.82) is 0 Å². The molecule has 6 heteroatoms. The van der Waals surface area contributed by atoms with Crippen molar-refractivity contribution in [3.8, 4) is 0 Å². The molecule has 116 valence electrons. The van der Waals surface area contributed by atoms with E-state index in [4.69, 9.17) is 0 Å². The molecule has 3 rings (SSSR count). The smallest absolute Gasteiger partial charge is 0.214 e. The number of aryl methyl sites for hydroxylation is 1. The first kappa shape index (κ1) is 14.8. The summed E-state index contributed by atoms with van der Waals surface area (Å²) < 4.78 is 28.3. The van der Waals surface area contributed by atoms with Gasteiger partial charge in [-0.3, -0.25) is 4.68 Å². The van der Waals surface area contributed by atoms with Gasteiger partial charge in [0.15, 0.2) is 0 Å². The van der Waals surface area contributed by atoms with E-state index in [0.717, 1.165) is 17.7 Å². The zero-order valence-electron chi connectivity index (χ0n) is 12.5. The molecular weight excluding hydrogens is 286 g/mol. The first-order valence-electron chi connectivity index (χ1n) is 7.71. The predicted octanol–water partition coefficient (Wildman–Crippen LogP) is 2.03. The molecule has 1 aromatic rings. The number of rotatable bonds is 5. The maximum atomic E-state index is 12.5. The lowest BCUT2D eigenvalue weighted by Gasteiger charge is -2.18. The van der Waals surface area contributed by atoms with Crippen LogP contribution in [0.1, 0.15) is 37.8 Å². The van der Waals surface area contributed by atoms with Crippen molar-refractivity contribution in [2.75, 3.05) is 18.8 Å². The average molecular weight is 309 g/mol. The van der Waals surface area contributed by atoms with Crippen LogP contribution >= 0.6 is 0 Å². The standard InChI is InChI=1S/C15H23N3O2S/c1-17-15(6-9-16-17)14-7-10-18(12-14)21(19,20)11-8-13-4-2-3-5-13/h6-7,9,13H,2-5,8,10-12H2,1H3. The molecule has 0 atom stereocenters. The van der Waals surface area contributed by atoms with Crippen molar-refractivity contribution < 1.29 is 8.42 Å². The summed E-state index contributed by atoms with van der Waals surface area (Å²) in [6.45, 7) is 0.972. The van der Waals surface area contributed by atoms with Gasteiger partial charge in [-0.1, -0.05) is 31.8 Å². The summed E-state index contributed by atoms with van der Waals surface area (Å²) in [6, 6.07) is 1.93. The Labute approximate surface area is 126 Å². The number of hydrogen-bond donors (Lipinski definition) is 0. The molecule has 21 heavy (non-hydrogen) atoms. The fourth-order valence-electron chi connectivity index (χ4n) is 3.36. The SMILES string of the molecule is Cn1nccc1C1=CCN(S(=O)(=O)CCC2CCCC2)C1. The highest BCUT2D eigenvalue weighted by Crippen LogP contribution is 2.29. The van der Waals surface area contributed by atoms with E-state index in [1.54, 1.807) is 15.2 Å². The van der Waals surface area contributed by atoms with E-state index in [0.29, 0.717) is 24.8 Å². The summed E-state index contributed by atoms with van der Waals surface area (Å²) in [5, 5.41) is 4.14. The van der Waals surface area contributed by atoms with E-state index < -0.39 is 10.0 Å². The van der Waals surface area contributed by atoms with Gasteiger partial charge in [0.25, 0.3) is 0 Å². The Morgan fingerprint density at radius 2 is 2.10 bits per heavy atom. The van der Waals surface area contributed by atoms with Gasteiger partial charge in [-0.2, -0.15) is 9.40 Å². The summed E-state index contributed by atoms with van der Waals surface area (Å²) >= 11 is 0. The fraction of sp³-hybridized carbons (Fsp3) is 0.667. The lowest BCUT2D eigenvalue weighted by molar-refractivity contribution is 0.471. The van der Waals surface area contributed by atoms with Crippen LogP contribution in [0.15, 0.2) is 18.3 Å². The molecule has 0 amide bonds. The van der Waals surface area contributed by atoms with Gasteiger partial charge in [-0.05, 0) is 24.0 Å². The molecule has 1 aromatic heterocycles.